The molecule has 5 heteroatoms. The molecular formula is C13H22N2O3. The van der Waals surface area contributed by atoms with Gasteiger partial charge >= 0.3 is 5.97 Å². The van der Waals surface area contributed by atoms with E-state index < -0.39 is 12.0 Å². The van der Waals surface area contributed by atoms with Crippen molar-refractivity contribution in [3.63, 3.8) is 0 Å². The van der Waals surface area contributed by atoms with Crippen LogP contribution >= 0.6 is 0 Å². The van der Waals surface area contributed by atoms with E-state index in [0.717, 1.165) is 12.0 Å². The summed E-state index contributed by atoms with van der Waals surface area (Å²) in [6.07, 6.45) is 2.78. The molecule has 0 bridgehead atoms. The minimum Gasteiger partial charge on any atom is -0.480 e. The molecule has 1 N–H and O–H groups in total. The molecule has 0 aromatic heterocycles. The average Bonchev–Trinajstić information content (AvgIpc) is 2.37. The number of carbonyl (C=O) groups excluding carboxylic acids is 1. The molecule has 1 heterocycles. The van der Waals surface area contributed by atoms with Crippen molar-refractivity contribution in [1.29, 1.82) is 0 Å². The van der Waals surface area contributed by atoms with E-state index in [-0.39, 0.29) is 5.91 Å². The number of carboxylic acid groups (broad SMARTS) is 1. The fourth-order valence-electron chi connectivity index (χ4n) is 2.11. The average molecular weight is 254 g/mol. The SMILES string of the molecule is CCC=C(C)C(=O)N1CCN(C(C)C(=O)O)CC1. The monoisotopic (exact) mass is 254 g/mol. The number of rotatable bonds is 4. The number of allylic oxidation sites excluding steroid dienone is 1. The second-order valence-corrected chi connectivity index (χ2v) is 4.64. The smallest absolute Gasteiger partial charge is 0.320 e. The Labute approximate surface area is 108 Å². The van der Waals surface area contributed by atoms with Gasteiger partial charge in [-0.3, -0.25) is 14.5 Å². The Hall–Kier alpha value is -1.36. The zero-order valence-electron chi connectivity index (χ0n) is 11.3. The maximum atomic E-state index is 12.0. The first-order valence-electron chi connectivity index (χ1n) is 6.40. The van der Waals surface area contributed by atoms with E-state index in [4.69, 9.17) is 5.11 Å². The van der Waals surface area contributed by atoms with Crippen molar-refractivity contribution < 1.29 is 14.7 Å². The van der Waals surface area contributed by atoms with Crippen molar-refractivity contribution in [2.75, 3.05) is 26.2 Å². The van der Waals surface area contributed by atoms with Crippen LogP contribution in [0.25, 0.3) is 0 Å². The molecule has 1 rings (SSSR count). The summed E-state index contributed by atoms with van der Waals surface area (Å²) in [5, 5.41) is 8.94. The molecule has 0 aromatic rings. The van der Waals surface area contributed by atoms with E-state index in [2.05, 4.69) is 0 Å². The largest absolute Gasteiger partial charge is 0.480 e. The fourth-order valence-corrected chi connectivity index (χ4v) is 2.11. The molecule has 102 valence electrons. The van der Waals surface area contributed by atoms with Gasteiger partial charge in [-0.05, 0) is 20.3 Å². The highest BCUT2D eigenvalue weighted by atomic mass is 16.4. The van der Waals surface area contributed by atoms with Crippen LogP contribution < -0.4 is 0 Å². The molecular weight excluding hydrogens is 232 g/mol. The normalized spacial score (nSPS) is 19.7. The maximum absolute atomic E-state index is 12.0. The molecule has 1 atom stereocenters. The van der Waals surface area contributed by atoms with Crippen molar-refractivity contribution in [3.05, 3.63) is 11.6 Å². The number of carbonyl (C=O) groups is 2. The Bertz CT molecular complexity index is 344. The molecule has 1 saturated heterocycles. The van der Waals surface area contributed by atoms with Gasteiger partial charge in [0.2, 0.25) is 5.91 Å². The first-order valence-corrected chi connectivity index (χ1v) is 6.40. The van der Waals surface area contributed by atoms with Crippen molar-refractivity contribution in [2.45, 2.75) is 33.2 Å². The molecule has 1 aliphatic heterocycles. The zero-order valence-corrected chi connectivity index (χ0v) is 11.3. The highest BCUT2D eigenvalue weighted by Gasteiger charge is 2.27. The van der Waals surface area contributed by atoms with Gasteiger partial charge in [-0.25, -0.2) is 0 Å². The summed E-state index contributed by atoms with van der Waals surface area (Å²) in [7, 11) is 0. The highest BCUT2D eigenvalue weighted by Crippen LogP contribution is 2.10. The molecule has 0 radical (unpaired) electrons. The maximum Gasteiger partial charge on any atom is 0.320 e. The second kappa shape index (κ2) is 6.54. The number of piperazine rings is 1. The Kier molecular flexibility index (Phi) is 5.34. The predicted molar refractivity (Wildman–Crippen MR) is 69.3 cm³/mol. The van der Waals surface area contributed by atoms with E-state index in [0.29, 0.717) is 26.2 Å². The van der Waals surface area contributed by atoms with E-state index in [1.807, 2.05) is 24.8 Å². The van der Waals surface area contributed by atoms with Gasteiger partial charge in [0.15, 0.2) is 0 Å². The lowest BCUT2D eigenvalue weighted by Crippen LogP contribution is -2.53. The molecule has 1 amide bonds. The van der Waals surface area contributed by atoms with Gasteiger partial charge in [0.25, 0.3) is 0 Å². The van der Waals surface area contributed by atoms with Gasteiger partial charge in [-0.1, -0.05) is 13.0 Å². The number of hydrogen-bond donors (Lipinski definition) is 1. The van der Waals surface area contributed by atoms with Crippen LogP contribution in [0.5, 0.6) is 0 Å². The van der Waals surface area contributed by atoms with Gasteiger partial charge in [0.05, 0.1) is 0 Å². The summed E-state index contributed by atoms with van der Waals surface area (Å²) >= 11 is 0. The quantitative estimate of drug-likeness (QED) is 0.759. The molecule has 0 spiro atoms. The highest BCUT2D eigenvalue weighted by molar-refractivity contribution is 5.92. The molecule has 0 saturated carbocycles. The Morgan fingerprint density at radius 1 is 1.28 bits per heavy atom. The summed E-state index contributed by atoms with van der Waals surface area (Å²) in [6.45, 7) is 7.97. The number of carboxylic acids is 1. The summed E-state index contributed by atoms with van der Waals surface area (Å²) in [5.74, 6) is -0.740. The van der Waals surface area contributed by atoms with Crippen LogP contribution in [0.4, 0.5) is 0 Å². The predicted octanol–water partition coefficient (Wildman–Crippen LogP) is 0.960. The second-order valence-electron chi connectivity index (χ2n) is 4.64. The van der Waals surface area contributed by atoms with Crippen molar-refractivity contribution >= 4 is 11.9 Å². The van der Waals surface area contributed by atoms with E-state index >= 15 is 0 Å². The summed E-state index contributed by atoms with van der Waals surface area (Å²) in [6, 6.07) is -0.477. The van der Waals surface area contributed by atoms with Crippen LogP contribution in [0.3, 0.4) is 0 Å². The first kappa shape index (κ1) is 14.7. The Morgan fingerprint density at radius 2 is 1.83 bits per heavy atom. The molecule has 0 aliphatic carbocycles. The number of amides is 1. The third-order valence-corrected chi connectivity index (χ3v) is 3.35. The Morgan fingerprint density at radius 3 is 2.28 bits per heavy atom. The molecule has 1 unspecified atom stereocenters. The number of hydrogen-bond acceptors (Lipinski definition) is 3. The van der Waals surface area contributed by atoms with Crippen LogP contribution in [0.2, 0.25) is 0 Å². The van der Waals surface area contributed by atoms with Crippen LogP contribution in [-0.4, -0.2) is 59.0 Å². The zero-order chi connectivity index (χ0) is 13.7. The van der Waals surface area contributed by atoms with E-state index in [9.17, 15) is 9.59 Å². The Balaban J connectivity index is 2.51. The van der Waals surface area contributed by atoms with Gasteiger partial charge in [0, 0.05) is 31.8 Å². The number of nitrogens with zero attached hydrogens (tertiary/aromatic N) is 2. The topological polar surface area (TPSA) is 60.9 Å². The third-order valence-electron chi connectivity index (χ3n) is 3.35. The lowest BCUT2D eigenvalue weighted by atomic mass is 10.2. The van der Waals surface area contributed by atoms with Gasteiger partial charge in [0.1, 0.15) is 6.04 Å². The lowest BCUT2D eigenvalue weighted by Gasteiger charge is -2.36. The minimum atomic E-state index is -0.808. The number of aliphatic carboxylic acids is 1. The summed E-state index contributed by atoms with van der Waals surface area (Å²) < 4.78 is 0. The van der Waals surface area contributed by atoms with Gasteiger partial charge in [-0.15, -0.1) is 0 Å². The summed E-state index contributed by atoms with van der Waals surface area (Å²) in [5.41, 5.74) is 0.775. The standard InChI is InChI=1S/C13H22N2O3/c1-4-5-10(2)12(16)15-8-6-14(7-9-15)11(3)13(17)18/h5,11H,4,6-9H2,1-3H3,(H,17,18). The van der Waals surface area contributed by atoms with Crippen molar-refractivity contribution in [2.24, 2.45) is 0 Å². The van der Waals surface area contributed by atoms with Crippen molar-refractivity contribution in [1.82, 2.24) is 9.80 Å². The molecule has 5 nitrogen and oxygen atoms in total. The lowest BCUT2D eigenvalue weighted by molar-refractivity contribution is -0.143. The minimum absolute atomic E-state index is 0.0690. The first-order chi connectivity index (χ1) is 8.47. The van der Waals surface area contributed by atoms with Gasteiger partial charge in [-0.2, -0.15) is 0 Å². The van der Waals surface area contributed by atoms with Crippen molar-refractivity contribution in [3.8, 4) is 0 Å². The summed E-state index contributed by atoms with van der Waals surface area (Å²) in [4.78, 5) is 26.6. The molecule has 18 heavy (non-hydrogen) atoms. The van der Waals surface area contributed by atoms with Crippen LogP contribution in [0.15, 0.2) is 11.6 Å². The van der Waals surface area contributed by atoms with Crippen LogP contribution in [0.1, 0.15) is 27.2 Å². The van der Waals surface area contributed by atoms with Crippen LogP contribution in [0, 0.1) is 0 Å². The van der Waals surface area contributed by atoms with Crippen LogP contribution in [-0.2, 0) is 9.59 Å². The van der Waals surface area contributed by atoms with E-state index in [1.54, 1.807) is 11.8 Å². The molecule has 0 aromatic carbocycles. The van der Waals surface area contributed by atoms with Gasteiger partial charge < -0.3 is 10.0 Å². The fraction of sp³-hybridized carbons (Fsp3) is 0.692. The molecule has 1 aliphatic rings. The van der Waals surface area contributed by atoms with E-state index in [1.165, 1.54) is 0 Å². The third kappa shape index (κ3) is 3.57. The molecule has 1 fully saturated rings.